The molecule has 15 heteroatoms. The Morgan fingerprint density at radius 3 is 1.31 bits per heavy atom. The van der Waals surface area contributed by atoms with Crippen LogP contribution in [-0.2, 0) is 34.1 Å². The van der Waals surface area contributed by atoms with Crippen LogP contribution in [0.2, 0.25) is 0 Å². The zero-order chi connectivity index (χ0) is 41.5. The number of allylic oxidation sites excluding steroid dienone is 8. The number of nitrogens with zero attached hydrogens (tertiary/aromatic N) is 8. The second-order valence-corrected chi connectivity index (χ2v) is 23.3. The number of quaternary nitrogens is 2. The van der Waals surface area contributed by atoms with E-state index in [4.69, 9.17) is 23.5 Å². The normalized spacial score (nSPS) is 16.3. The van der Waals surface area contributed by atoms with E-state index in [1.165, 1.54) is 74.8 Å². The molecule has 0 N–H and O–H groups in total. The third kappa shape index (κ3) is 30.3. The molecule has 0 aliphatic heterocycles. The molecule has 0 aromatic rings. The van der Waals surface area contributed by atoms with E-state index in [1.807, 2.05) is 28.2 Å². The summed E-state index contributed by atoms with van der Waals surface area (Å²) in [6, 6.07) is 0. The van der Waals surface area contributed by atoms with E-state index in [-0.39, 0.29) is 49.0 Å². The van der Waals surface area contributed by atoms with Crippen molar-refractivity contribution < 1.29 is 42.9 Å². The molecular formula is C44H90B3Fe2N8P2+3. The van der Waals surface area contributed by atoms with E-state index < -0.39 is 15.7 Å². The number of hydrogen-bond donors (Lipinski definition) is 0. The predicted octanol–water partition coefficient (Wildman–Crippen LogP) is 8.28. The van der Waals surface area contributed by atoms with Crippen LogP contribution in [0, 0.1) is 27.7 Å². The maximum absolute atomic E-state index is 7.06. The average molecular weight is 937 g/mol. The van der Waals surface area contributed by atoms with Crippen LogP contribution in [0.5, 0.6) is 0 Å². The minimum atomic E-state index is -2.08. The fourth-order valence-corrected chi connectivity index (χ4v) is 11.7. The van der Waals surface area contributed by atoms with Gasteiger partial charge in [0.15, 0.2) is 0 Å². The molecule has 8 nitrogen and oxygen atoms in total. The maximum atomic E-state index is 7.06. The molecule has 2 fully saturated rings. The van der Waals surface area contributed by atoms with Gasteiger partial charge in [-0.15, -0.1) is 23.5 Å². The molecule has 0 heterocycles. The summed E-state index contributed by atoms with van der Waals surface area (Å²) in [5.74, 6) is 0. The van der Waals surface area contributed by atoms with E-state index in [2.05, 4.69) is 134 Å². The average Bonchev–Trinajstić information content (AvgIpc) is 3.92. The van der Waals surface area contributed by atoms with Crippen molar-refractivity contribution >= 4 is 39.2 Å². The van der Waals surface area contributed by atoms with Gasteiger partial charge in [-0.05, 0) is 56.9 Å². The maximum Gasteiger partial charge on any atom is 2.00 e. The molecule has 6 radical (unpaired) electrons. The molecule has 338 valence electrons. The van der Waals surface area contributed by atoms with Crippen LogP contribution in [0.25, 0.3) is 0 Å². The van der Waals surface area contributed by atoms with Crippen molar-refractivity contribution in [2.75, 3.05) is 137 Å². The second kappa shape index (κ2) is 35.8. The Bertz CT molecular complexity index is 1070. The van der Waals surface area contributed by atoms with E-state index >= 15 is 0 Å². The van der Waals surface area contributed by atoms with Gasteiger partial charge in [0, 0.05) is 68.5 Å². The van der Waals surface area contributed by atoms with Crippen LogP contribution in [0.4, 0.5) is 0 Å². The Morgan fingerprint density at radius 1 is 0.627 bits per heavy atom. The van der Waals surface area contributed by atoms with Crippen molar-refractivity contribution in [1.29, 1.82) is 0 Å². The zero-order valence-electron chi connectivity index (χ0n) is 40.7. The van der Waals surface area contributed by atoms with Crippen LogP contribution in [0.1, 0.15) is 77.0 Å². The van der Waals surface area contributed by atoms with Crippen molar-refractivity contribution in [3.63, 3.8) is 0 Å². The summed E-state index contributed by atoms with van der Waals surface area (Å²) in [6.45, 7) is 7.75. The van der Waals surface area contributed by atoms with Gasteiger partial charge in [-0.25, -0.2) is 31.1 Å². The Labute approximate surface area is 397 Å². The number of rotatable bonds is 18. The predicted molar refractivity (Wildman–Crippen MR) is 264 cm³/mol. The van der Waals surface area contributed by atoms with E-state index in [0.717, 1.165) is 65.2 Å². The summed E-state index contributed by atoms with van der Waals surface area (Å²) in [4.78, 5) is 4.50. The molecule has 4 rings (SSSR count). The molecule has 59 heavy (non-hydrogen) atoms. The molecule has 4 aliphatic carbocycles. The van der Waals surface area contributed by atoms with Gasteiger partial charge in [-0.3, -0.25) is 9.34 Å². The summed E-state index contributed by atoms with van der Waals surface area (Å²) in [5, 5.41) is 2.75. The van der Waals surface area contributed by atoms with Gasteiger partial charge in [-0.1, -0.05) is 70.6 Å². The fourth-order valence-electron chi connectivity index (χ4n) is 6.50. The smallest absolute Gasteiger partial charge is 0.400 e. The third-order valence-corrected chi connectivity index (χ3v) is 16.4. The van der Waals surface area contributed by atoms with Gasteiger partial charge in [0.25, 0.3) is 0 Å². The molecule has 2 saturated carbocycles. The summed E-state index contributed by atoms with van der Waals surface area (Å²) >= 11 is 0. The van der Waals surface area contributed by atoms with Gasteiger partial charge >= 0.3 is 57.7 Å². The Balaban J connectivity index is -0.000000391. The van der Waals surface area contributed by atoms with Crippen molar-refractivity contribution in [3.8, 4) is 0 Å². The molecule has 0 aromatic heterocycles. The van der Waals surface area contributed by atoms with E-state index in [0.29, 0.717) is 8.79 Å². The Morgan fingerprint density at radius 2 is 1.02 bits per heavy atom. The molecule has 0 spiro atoms. The first-order valence-corrected chi connectivity index (χ1v) is 24.0. The second-order valence-electron chi connectivity index (χ2n) is 17.6. The summed E-state index contributed by atoms with van der Waals surface area (Å²) in [5.41, 5.74) is 0. The van der Waals surface area contributed by atoms with Gasteiger partial charge in [-0.2, -0.15) is 9.34 Å². The largest absolute Gasteiger partial charge is 2.00 e. The summed E-state index contributed by atoms with van der Waals surface area (Å²) < 4.78 is 10.5. The Kier molecular flexibility index (Phi) is 40.1. The van der Waals surface area contributed by atoms with Crippen LogP contribution in [0.15, 0.2) is 47.1 Å². The molecule has 0 amide bonds. The standard InChI is InChI=1S/C16H32B3N4P.C16H32N4P.2C5H10.2CH3.2Fe/c1-20(12-14-22(3,4)17)24(19,16-10-8-7-9-11-16)21(2)13-15-23(5,6)18;1-17(2)12-14-19(5)21(16-10-8-7-9-11-16)20(6)15-13-18(3)4;2*1-2-4-5-3-1;;;;/h7-10H,11-15H2,1-6H3;8-11H,7,12-15H2,1-6H3;2*1-5H2;2*1H3;;/q+2;-1;;;2*-1;2*+2. The monoisotopic (exact) mass is 938 g/mol. The minimum absolute atomic E-state index is 0. The molecular weight excluding hydrogens is 847 g/mol. The quantitative estimate of drug-likeness (QED) is 0.0779. The molecule has 0 unspecified atom stereocenters. The number of likely N-dealkylation sites (N-methyl/N-ethyl adjacent to an activating group) is 8. The third-order valence-electron chi connectivity index (χ3n) is 10.3. The van der Waals surface area contributed by atoms with E-state index in [1.54, 1.807) is 0 Å². The molecule has 0 bridgehead atoms. The van der Waals surface area contributed by atoms with Crippen LogP contribution < -0.4 is 0 Å². The topological polar surface area (TPSA) is 19.4 Å². The van der Waals surface area contributed by atoms with Crippen molar-refractivity contribution in [3.05, 3.63) is 74.8 Å². The molecule has 0 aromatic carbocycles. The van der Waals surface area contributed by atoms with Crippen LogP contribution >= 0.6 is 15.7 Å². The van der Waals surface area contributed by atoms with Crippen molar-refractivity contribution in [2.45, 2.75) is 77.0 Å². The van der Waals surface area contributed by atoms with Gasteiger partial charge in [0.05, 0.1) is 31.5 Å². The molecule has 0 atom stereocenters. The first-order chi connectivity index (χ1) is 25.8. The first kappa shape index (κ1) is 66.1. The van der Waals surface area contributed by atoms with Crippen molar-refractivity contribution in [1.82, 2.24) is 28.5 Å². The summed E-state index contributed by atoms with van der Waals surface area (Å²) in [7, 11) is 42.1. The molecule has 0 saturated heterocycles. The van der Waals surface area contributed by atoms with Gasteiger partial charge < -0.3 is 33.4 Å². The first-order valence-electron chi connectivity index (χ1n) is 21.0. The zero-order valence-corrected chi connectivity index (χ0v) is 44.7. The van der Waals surface area contributed by atoms with E-state index in [9.17, 15) is 0 Å². The van der Waals surface area contributed by atoms with Gasteiger partial charge in [0.1, 0.15) is 7.44 Å². The molecule has 4 aliphatic rings. The van der Waals surface area contributed by atoms with Crippen LogP contribution in [0.3, 0.4) is 0 Å². The summed E-state index contributed by atoms with van der Waals surface area (Å²) in [6.07, 6.45) is 34.6. The van der Waals surface area contributed by atoms with Crippen LogP contribution in [-0.4, -0.2) is 198 Å². The minimum Gasteiger partial charge on any atom is -0.400 e. The fraction of sp³-hybridized carbons (Fsp3) is 0.727. The van der Waals surface area contributed by atoms with Gasteiger partial charge in [0.2, 0.25) is 0 Å². The Hall–Kier alpha value is 0.474. The SMILES string of the molecule is C1CCCC1.C1CCCC1.CN(C)CCN(C)P(C1=C[CH-]CC=C1)N(C)CCN(C)C.[B][N+](C)(C)CCN(C)[P+]([B])(C1=CC=C[CH-]C1)N(C)CC[N+]([B])(C)C.[CH3-].[CH3-].[Fe+2].[Fe+2]. The number of hydrogen-bond acceptors (Lipinski definition) is 6. The van der Waals surface area contributed by atoms with Crippen molar-refractivity contribution in [2.24, 2.45) is 0 Å².